The number of amides is 1. The lowest BCUT2D eigenvalue weighted by Gasteiger charge is -2.29. The second-order valence-electron chi connectivity index (χ2n) is 6.74. The van der Waals surface area contributed by atoms with Gasteiger partial charge in [0.05, 0.1) is 28.8 Å². The molecule has 1 unspecified atom stereocenters. The maximum Gasteiger partial charge on any atom is 0.333 e. The highest BCUT2D eigenvalue weighted by atomic mass is 16.2. The van der Waals surface area contributed by atoms with E-state index in [1.165, 1.54) is 18.5 Å². The molecule has 3 aromatic rings. The molecule has 1 saturated heterocycles. The van der Waals surface area contributed by atoms with Gasteiger partial charge in [0.1, 0.15) is 5.78 Å². The van der Waals surface area contributed by atoms with Crippen molar-refractivity contribution >= 4 is 22.6 Å². The fourth-order valence-corrected chi connectivity index (χ4v) is 4.05. The Labute approximate surface area is 152 Å². The van der Waals surface area contributed by atoms with E-state index in [2.05, 4.69) is 9.97 Å². The Bertz CT molecular complexity index is 1260. The van der Waals surface area contributed by atoms with E-state index in [1.54, 1.807) is 23.1 Å². The fraction of sp³-hybridized carbons (Fsp3) is 0.211. The Morgan fingerprint density at radius 1 is 1.11 bits per heavy atom. The summed E-state index contributed by atoms with van der Waals surface area (Å²) in [5.74, 6) is -0.101. The first-order chi connectivity index (χ1) is 13.1. The molecule has 8 nitrogen and oxygen atoms in total. The average molecular weight is 362 g/mol. The third-order valence-electron chi connectivity index (χ3n) is 5.28. The second-order valence-corrected chi connectivity index (χ2v) is 6.74. The summed E-state index contributed by atoms with van der Waals surface area (Å²) in [5.41, 5.74) is 0.597. The molecule has 27 heavy (non-hydrogen) atoms. The number of pyridine rings is 1. The van der Waals surface area contributed by atoms with Gasteiger partial charge in [0.25, 0.3) is 11.5 Å². The van der Waals surface area contributed by atoms with E-state index in [0.717, 1.165) is 4.57 Å². The monoisotopic (exact) mass is 362 g/mol. The Morgan fingerprint density at radius 3 is 2.81 bits per heavy atom. The first-order valence-corrected chi connectivity index (χ1v) is 8.61. The SMILES string of the molecule is O=C1CCN2C(=O)c3cccc(-n4c(=O)[nH]c5cnccc5c4=O)c3C2C1. The smallest absolute Gasteiger partial charge is 0.331 e. The molecule has 1 atom stereocenters. The summed E-state index contributed by atoms with van der Waals surface area (Å²) in [5, 5.41) is 0.322. The summed E-state index contributed by atoms with van der Waals surface area (Å²) in [6.07, 6.45) is 3.42. The van der Waals surface area contributed by atoms with Gasteiger partial charge in [-0.3, -0.25) is 19.4 Å². The molecule has 0 bridgehead atoms. The van der Waals surface area contributed by atoms with Crippen molar-refractivity contribution in [2.75, 3.05) is 6.54 Å². The molecular formula is C19H14N4O4. The van der Waals surface area contributed by atoms with Gasteiger partial charge in [-0.15, -0.1) is 0 Å². The summed E-state index contributed by atoms with van der Waals surface area (Å²) in [6.45, 7) is 0.352. The molecule has 0 radical (unpaired) electrons. The van der Waals surface area contributed by atoms with Gasteiger partial charge in [-0.1, -0.05) is 6.07 Å². The number of aromatic amines is 1. The van der Waals surface area contributed by atoms with Gasteiger partial charge in [0.2, 0.25) is 0 Å². The molecule has 2 aliphatic heterocycles. The van der Waals surface area contributed by atoms with E-state index in [9.17, 15) is 19.2 Å². The molecule has 0 aliphatic carbocycles. The Kier molecular flexibility index (Phi) is 3.18. The van der Waals surface area contributed by atoms with Gasteiger partial charge in [-0.05, 0) is 18.2 Å². The third-order valence-corrected chi connectivity index (χ3v) is 5.28. The van der Waals surface area contributed by atoms with Crippen molar-refractivity contribution in [2.45, 2.75) is 18.9 Å². The first-order valence-electron chi connectivity index (χ1n) is 8.61. The van der Waals surface area contributed by atoms with Crippen LogP contribution in [0.15, 0.2) is 46.2 Å². The Hall–Kier alpha value is -3.55. The molecule has 0 saturated carbocycles. The van der Waals surface area contributed by atoms with Crippen LogP contribution in [0, 0.1) is 0 Å². The number of rotatable bonds is 1. The van der Waals surface area contributed by atoms with Crippen LogP contribution in [0.3, 0.4) is 0 Å². The van der Waals surface area contributed by atoms with Crippen molar-refractivity contribution in [1.29, 1.82) is 0 Å². The predicted octanol–water partition coefficient (Wildman–Crippen LogP) is 0.934. The van der Waals surface area contributed by atoms with Crippen LogP contribution in [0.1, 0.15) is 34.8 Å². The quantitative estimate of drug-likeness (QED) is 0.693. The van der Waals surface area contributed by atoms with Crippen molar-refractivity contribution in [2.24, 2.45) is 0 Å². The molecular weight excluding hydrogens is 348 g/mol. The van der Waals surface area contributed by atoms with Gasteiger partial charge in [0.15, 0.2) is 0 Å². The summed E-state index contributed by atoms with van der Waals surface area (Å²) >= 11 is 0. The van der Waals surface area contributed by atoms with Crippen LogP contribution >= 0.6 is 0 Å². The number of H-pyrrole nitrogens is 1. The molecule has 8 heteroatoms. The maximum atomic E-state index is 13.0. The van der Waals surface area contributed by atoms with E-state index >= 15 is 0 Å². The zero-order chi connectivity index (χ0) is 18.7. The molecule has 1 N–H and O–H groups in total. The number of carbonyl (C=O) groups excluding carboxylic acids is 2. The lowest BCUT2D eigenvalue weighted by molar-refractivity contribution is -0.122. The van der Waals surface area contributed by atoms with E-state index in [-0.39, 0.29) is 18.1 Å². The fourth-order valence-electron chi connectivity index (χ4n) is 4.05. The summed E-state index contributed by atoms with van der Waals surface area (Å²) < 4.78 is 1.04. The minimum atomic E-state index is -0.609. The first kappa shape index (κ1) is 15.7. The Morgan fingerprint density at radius 2 is 1.96 bits per heavy atom. The van der Waals surface area contributed by atoms with E-state index < -0.39 is 17.3 Å². The number of ketones is 1. The minimum Gasteiger partial charge on any atom is -0.331 e. The lowest BCUT2D eigenvalue weighted by Crippen LogP contribution is -2.37. The van der Waals surface area contributed by atoms with Gasteiger partial charge < -0.3 is 9.88 Å². The molecule has 2 aliphatic rings. The van der Waals surface area contributed by atoms with Crippen molar-refractivity contribution in [3.8, 4) is 5.69 Å². The molecule has 4 heterocycles. The van der Waals surface area contributed by atoms with Gasteiger partial charge in [0, 0.05) is 36.7 Å². The molecule has 2 aromatic heterocycles. The summed E-state index contributed by atoms with van der Waals surface area (Å²) in [4.78, 5) is 58.6. The topological polar surface area (TPSA) is 105 Å². The van der Waals surface area contributed by atoms with Crippen molar-refractivity contribution in [3.05, 3.63) is 68.6 Å². The van der Waals surface area contributed by atoms with Crippen molar-refractivity contribution in [1.82, 2.24) is 19.4 Å². The molecule has 5 rings (SSSR count). The third kappa shape index (κ3) is 2.13. The van der Waals surface area contributed by atoms with Crippen molar-refractivity contribution in [3.63, 3.8) is 0 Å². The standard InChI is InChI=1S/C19H14N4O4/c24-10-5-7-22-15(8-10)16-12(17(22)25)2-1-3-14(16)23-18(26)11-4-6-20-9-13(11)21-19(23)27/h1-4,6,9,15H,5,7-8H2,(H,21,27). The number of hydrogen-bond acceptors (Lipinski definition) is 5. The van der Waals surface area contributed by atoms with Crippen LogP contribution in [0.5, 0.6) is 0 Å². The van der Waals surface area contributed by atoms with Crippen LogP contribution < -0.4 is 11.2 Å². The van der Waals surface area contributed by atoms with Gasteiger partial charge in [-0.2, -0.15) is 0 Å². The highest BCUT2D eigenvalue weighted by Crippen LogP contribution is 2.41. The lowest BCUT2D eigenvalue weighted by atomic mass is 9.95. The highest BCUT2D eigenvalue weighted by Gasteiger charge is 2.42. The average Bonchev–Trinajstić information content (AvgIpc) is 2.94. The molecule has 0 spiro atoms. The van der Waals surface area contributed by atoms with Crippen LogP contribution in [-0.2, 0) is 4.79 Å². The number of benzene rings is 1. The number of nitrogens with zero attached hydrogens (tertiary/aromatic N) is 3. The summed E-state index contributed by atoms with van der Waals surface area (Å²) in [6, 6.07) is 6.06. The molecule has 134 valence electrons. The zero-order valence-corrected chi connectivity index (χ0v) is 14.1. The van der Waals surface area contributed by atoms with E-state index in [0.29, 0.717) is 40.7 Å². The minimum absolute atomic E-state index is 0.0672. The number of Topliss-reactive ketones (excluding diaryl/α,β-unsaturated/α-hetero) is 1. The summed E-state index contributed by atoms with van der Waals surface area (Å²) in [7, 11) is 0. The van der Waals surface area contributed by atoms with Crippen LogP contribution in [0.2, 0.25) is 0 Å². The number of piperidine rings is 1. The van der Waals surface area contributed by atoms with Crippen LogP contribution in [0.4, 0.5) is 0 Å². The number of carbonyl (C=O) groups is 2. The predicted molar refractivity (Wildman–Crippen MR) is 96.0 cm³/mol. The largest absolute Gasteiger partial charge is 0.333 e. The second kappa shape index (κ2) is 5.47. The number of nitrogens with one attached hydrogen (secondary N) is 1. The number of hydrogen-bond donors (Lipinski definition) is 1. The van der Waals surface area contributed by atoms with Gasteiger partial charge in [-0.25, -0.2) is 9.36 Å². The maximum absolute atomic E-state index is 13.0. The molecule has 1 amide bonds. The number of fused-ring (bicyclic) bond motifs is 4. The van der Waals surface area contributed by atoms with Gasteiger partial charge >= 0.3 is 5.69 Å². The molecule has 1 fully saturated rings. The van der Waals surface area contributed by atoms with E-state index in [1.807, 2.05) is 0 Å². The van der Waals surface area contributed by atoms with Crippen molar-refractivity contribution < 1.29 is 9.59 Å². The van der Waals surface area contributed by atoms with Crippen LogP contribution in [0.25, 0.3) is 16.6 Å². The molecule has 1 aromatic carbocycles. The normalized spacial score (nSPS) is 18.7. The van der Waals surface area contributed by atoms with E-state index in [4.69, 9.17) is 0 Å². The number of aromatic nitrogens is 3. The van der Waals surface area contributed by atoms with Crippen LogP contribution in [-0.4, -0.2) is 37.7 Å². The highest BCUT2D eigenvalue weighted by molar-refractivity contribution is 6.02. The zero-order valence-electron chi connectivity index (χ0n) is 14.1. The Balaban J connectivity index is 1.82.